The lowest BCUT2D eigenvalue weighted by Crippen LogP contribution is -2.52. The largest absolute Gasteiger partial charge is 0.387 e. The van der Waals surface area contributed by atoms with Crippen LogP contribution in [-0.2, 0) is 4.74 Å². The molecule has 1 aliphatic rings. The van der Waals surface area contributed by atoms with Crippen LogP contribution in [0.5, 0.6) is 0 Å². The van der Waals surface area contributed by atoms with Gasteiger partial charge in [-0.1, -0.05) is 0 Å². The Hall–Kier alpha value is -2.28. The number of anilines is 1. The standard InChI is InChI=1S/C12H12FN5O3/c13-8-10(20)9(19)7(3-14)21-11(8)5-1-2-6-12(15)16-4-17-18(5)6/h1-2,4,7-11,19-20H,(H2,15,16,17)/t7?,8-,9?,10?,11+/m1/s1. The van der Waals surface area contributed by atoms with E-state index in [2.05, 4.69) is 10.1 Å². The third kappa shape index (κ3) is 2.01. The molecule has 21 heavy (non-hydrogen) atoms. The molecule has 0 saturated carbocycles. The van der Waals surface area contributed by atoms with E-state index in [0.717, 1.165) is 0 Å². The number of nitrogens with zero attached hydrogens (tertiary/aromatic N) is 4. The zero-order valence-corrected chi connectivity index (χ0v) is 10.7. The molecule has 9 heteroatoms. The maximum atomic E-state index is 14.3. The van der Waals surface area contributed by atoms with Crippen molar-refractivity contribution in [3.05, 3.63) is 24.2 Å². The van der Waals surface area contributed by atoms with Gasteiger partial charge in [0.1, 0.15) is 30.2 Å². The van der Waals surface area contributed by atoms with E-state index in [4.69, 9.17) is 15.7 Å². The van der Waals surface area contributed by atoms with Gasteiger partial charge >= 0.3 is 0 Å². The van der Waals surface area contributed by atoms with E-state index >= 15 is 0 Å². The number of nitrogens with two attached hydrogens (primary N) is 1. The molecule has 0 radical (unpaired) electrons. The molecule has 2 aromatic heterocycles. The molecule has 1 aliphatic heterocycles. The van der Waals surface area contributed by atoms with Crippen molar-refractivity contribution in [3.8, 4) is 6.07 Å². The minimum Gasteiger partial charge on any atom is -0.387 e. The molecule has 3 unspecified atom stereocenters. The van der Waals surface area contributed by atoms with Gasteiger partial charge in [0.25, 0.3) is 0 Å². The Morgan fingerprint density at radius 2 is 2.14 bits per heavy atom. The van der Waals surface area contributed by atoms with Gasteiger partial charge < -0.3 is 20.7 Å². The van der Waals surface area contributed by atoms with Gasteiger partial charge in [0.2, 0.25) is 0 Å². The number of alkyl halides is 1. The summed E-state index contributed by atoms with van der Waals surface area (Å²) < 4.78 is 20.8. The fourth-order valence-corrected chi connectivity index (χ4v) is 2.39. The first-order chi connectivity index (χ1) is 10.0. The zero-order chi connectivity index (χ0) is 15.1. The Morgan fingerprint density at radius 1 is 1.38 bits per heavy atom. The Morgan fingerprint density at radius 3 is 2.86 bits per heavy atom. The molecule has 2 aromatic rings. The predicted octanol–water partition coefficient (Wildman–Crippen LogP) is -0.665. The second kappa shape index (κ2) is 4.92. The first-order valence-electron chi connectivity index (χ1n) is 6.18. The van der Waals surface area contributed by atoms with E-state index in [-0.39, 0.29) is 11.5 Å². The van der Waals surface area contributed by atoms with E-state index < -0.39 is 30.6 Å². The zero-order valence-electron chi connectivity index (χ0n) is 10.7. The quantitative estimate of drug-likeness (QED) is 0.636. The van der Waals surface area contributed by atoms with E-state index in [9.17, 15) is 14.6 Å². The van der Waals surface area contributed by atoms with Crippen molar-refractivity contribution >= 4 is 11.3 Å². The number of rotatable bonds is 1. The van der Waals surface area contributed by atoms with E-state index in [1.165, 1.54) is 16.9 Å². The van der Waals surface area contributed by atoms with Crippen LogP contribution in [0.3, 0.4) is 0 Å². The molecule has 1 saturated heterocycles. The summed E-state index contributed by atoms with van der Waals surface area (Å²) in [6, 6.07) is 4.80. The van der Waals surface area contributed by atoms with Crippen LogP contribution in [0.1, 0.15) is 11.8 Å². The SMILES string of the molecule is N#CC1O[C@@H](c2ccc3c(N)ncnn23)[C@H](F)C(O)C1O. The molecule has 8 nitrogen and oxygen atoms in total. The first-order valence-corrected chi connectivity index (χ1v) is 6.18. The van der Waals surface area contributed by atoms with Crippen LogP contribution in [0.25, 0.3) is 5.52 Å². The van der Waals surface area contributed by atoms with Crippen molar-refractivity contribution in [2.24, 2.45) is 0 Å². The molecule has 3 heterocycles. The lowest BCUT2D eigenvalue weighted by molar-refractivity contribution is -0.190. The number of nitriles is 1. The molecule has 5 atom stereocenters. The van der Waals surface area contributed by atoms with Gasteiger partial charge in [-0.2, -0.15) is 10.4 Å². The van der Waals surface area contributed by atoms with Crippen molar-refractivity contribution in [2.45, 2.75) is 30.6 Å². The number of hydrogen-bond acceptors (Lipinski definition) is 7. The second-order valence-corrected chi connectivity index (χ2v) is 4.73. The van der Waals surface area contributed by atoms with Gasteiger partial charge in [0.15, 0.2) is 18.1 Å². The normalized spacial score (nSPS) is 33.0. The third-order valence-corrected chi connectivity index (χ3v) is 3.50. The first kappa shape index (κ1) is 13.7. The Labute approximate surface area is 118 Å². The summed E-state index contributed by atoms with van der Waals surface area (Å²) in [5.41, 5.74) is 6.42. The van der Waals surface area contributed by atoms with Gasteiger partial charge in [-0.3, -0.25) is 0 Å². The van der Waals surface area contributed by atoms with Crippen molar-refractivity contribution in [3.63, 3.8) is 0 Å². The number of nitrogen functional groups attached to an aromatic ring is 1. The summed E-state index contributed by atoms with van der Waals surface area (Å²) in [7, 11) is 0. The highest BCUT2D eigenvalue weighted by Gasteiger charge is 2.46. The molecule has 0 aliphatic carbocycles. The highest BCUT2D eigenvalue weighted by atomic mass is 19.1. The van der Waals surface area contributed by atoms with Crippen molar-refractivity contribution in [1.29, 1.82) is 5.26 Å². The monoisotopic (exact) mass is 293 g/mol. The van der Waals surface area contributed by atoms with Crippen molar-refractivity contribution < 1.29 is 19.3 Å². The van der Waals surface area contributed by atoms with Gasteiger partial charge in [-0.15, -0.1) is 0 Å². The maximum absolute atomic E-state index is 14.3. The van der Waals surface area contributed by atoms with E-state index in [1.807, 2.05) is 0 Å². The van der Waals surface area contributed by atoms with Crippen LogP contribution in [0, 0.1) is 11.3 Å². The third-order valence-electron chi connectivity index (χ3n) is 3.50. The summed E-state index contributed by atoms with van der Waals surface area (Å²) in [6.07, 6.45) is -6.61. The average molecular weight is 293 g/mol. The number of fused-ring (bicyclic) bond motifs is 1. The molecular formula is C12H12FN5O3. The predicted molar refractivity (Wildman–Crippen MR) is 67.5 cm³/mol. The average Bonchev–Trinajstić information content (AvgIpc) is 2.91. The minimum atomic E-state index is -1.90. The van der Waals surface area contributed by atoms with Crippen LogP contribution in [0.4, 0.5) is 10.2 Å². The molecule has 0 aromatic carbocycles. The lowest BCUT2D eigenvalue weighted by Gasteiger charge is -2.36. The fraction of sp³-hybridized carbons (Fsp3) is 0.417. The minimum absolute atomic E-state index is 0.208. The number of ether oxygens (including phenoxy) is 1. The number of aliphatic hydroxyl groups excluding tert-OH is 2. The van der Waals surface area contributed by atoms with E-state index in [1.54, 1.807) is 12.1 Å². The van der Waals surface area contributed by atoms with E-state index in [0.29, 0.717) is 5.52 Å². The highest BCUT2D eigenvalue weighted by Crippen LogP contribution is 2.35. The number of hydrogen-bond donors (Lipinski definition) is 3. The van der Waals surface area contributed by atoms with Crippen molar-refractivity contribution in [1.82, 2.24) is 14.6 Å². The lowest BCUT2D eigenvalue weighted by atomic mass is 9.95. The highest BCUT2D eigenvalue weighted by molar-refractivity contribution is 5.65. The van der Waals surface area contributed by atoms with Crippen LogP contribution < -0.4 is 5.73 Å². The van der Waals surface area contributed by atoms with Crippen LogP contribution in [0.2, 0.25) is 0 Å². The molecule has 0 amide bonds. The number of aliphatic hydroxyl groups is 2. The van der Waals surface area contributed by atoms with Gasteiger partial charge in [-0.05, 0) is 12.1 Å². The second-order valence-electron chi connectivity index (χ2n) is 4.73. The topological polar surface area (TPSA) is 130 Å². The summed E-state index contributed by atoms with van der Waals surface area (Å²) in [5.74, 6) is 0.208. The Balaban J connectivity index is 2.05. The maximum Gasteiger partial charge on any atom is 0.173 e. The summed E-state index contributed by atoms with van der Waals surface area (Å²) in [6.45, 7) is 0. The summed E-state index contributed by atoms with van der Waals surface area (Å²) >= 11 is 0. The molecular weight excluding hydrogens is 281 g/mol. The van der Waals surface area contributed by atoms with Crippen LogP contribution >= 0.6 is 0 Å². The molecule has 0 bridgehead atoms. The molecule has 0 spiro atoms. The molecule has 3 rings (SSSR count). The smallest absolute Gasteiger partial charge is 0.173 e. The fourth-order valence-electron chi connectivity index (χ4n) is 2.39. The van der Waals surface area contributed by atoms with Crippen LogP contribution in [0.15, 0.2) is 18.5 Å². The number of aromatic nitrogens is 3. The summed E-state index contributed by atoms with van der Waals surface area (Å²) in [5, 5.41) is 32.2. The van der Waals surface area contributed by atoms with Crippen LogP contribution in [-0.4, -0.2) is 49.3 Å². The van der Waals surface area contributed by atoms with Gasteiger partial charge in [0.05, 0.1) is 11.8 Å². The van der Waals surface area contributed by atoms with Gasteiger partial charge in [0, 0.05) is 0 Å². The Kier molecular flexibility index (Phi) is 3.21. The molecule has 1 fully saturated rings. The summed E-state index contributed by atoms with van der Waals surface area (Å²) in [4.78, 5) is 3.81. The Bertz CT molecular complexity index is 714. The molecule has 110 valence electrons. The van der Waals surface area contributed by atoms with Gasteiger partial charge in [-0.25, -0.2) is 13.9 Å². The number of halogens is 1. The molecule has 4 N–H and O–H groups in total. The van der Waals surface area contributed by atoms with Crippen molar-refractivity contribution in [2.75, 3.05) is 5.73 Å².